The summed E-state index contributed by atoms with van der Waals surface area (Å²) in [6, 6.07) is 7.86. The lowest BCUT2D eigenvalue weighted by Crippen LogP contribution is -2.28. The third-order valence-electron chi connectivity index (χ3n) is 4.39. The standard InChI is InChI=1S/C21H21Cl2NO/c1-21(2,3)15-6-4-14(5-7-15)20(25)13-24-11-10-18(23)17-9-8-16(22)12-19(17)24/h4-12,16H,13H2,1-3H3. The van der Waals surface area contributed by atoms with Gasteiger partial charge in [0.15, 0.2) is 5.78 Å². The zero-order valence-corrected chi connectivity index (χ0v) is 16.1. The molecule has 1 unspecified atom stereocenters. The van der Waals surface area contributed by atoms with Crippen molar-refractivity contribution < 1.29 is 4.79 Å². The minimum atomic E-state index is -0.196. The average molecular weight is 374 g/mol. The number of carbonyl (C=O) groups is 1. The van der Waals surface area contributed by atoms with Crippen LogP contribution >= 0.6 is 23.2 Å². The molecule has 0 aromatic heterocycles. The maximum absolute atomic E-state index is 12.7. The van der Waals surface area contributed by atoms with Crippen LogP contribution in [-0.4, -0.2) is 22.6 Å². The molecule has 2 nitrogen and oxygen atoms in total. The van der Waals surface area contributed by atoms with Crippen LogP contribution in [0.5, 0.6) is 0 Å². The van der Waals surface area contributed by atoms with E-state index < -0.39 is 0 Å². The Morgan fingerprint density at radius 3 is 2.48 bits per heavy atom. The van der Waals surface area contributed by atoms with Crippen molar-refractivity contribution in [1.29, 1.82) is 0 Å². The van der Waals surface area contributed by atoms with E-state index >= 15 is 0 Å². The Balaban J connectivity index is 1.78. The molecule has 0 fully saturated rings. The van der Waals surface area contributed by atoms with Gasteiger partial charge in [-0.05, 0) is 23.1 Å². The Morgan fingerprint density at radius 2 is 1.84 bits per heavy atom. The number of rotatable bonds is 3. The van der Waals surface area contributed by atoms with E-state index in [0.717, 1.165) is 11.3 Å². The molecule has 0 amide bonds. The fourth-order valence-corrected chi connectivity index (χ4v) is 3.30. The SMILES string of the molecule is CC(C)(C)c1ccc(C(=O)CN2C=CC(Cl)=C3C=CC(Cl)C=C32)cc1. The van der Waals surface area contributed by atoms with E-state index in [-0.39, 0.29) is 23.1 Å². The highest BCUT2D eigenvalue weighted by molar-refractivity contribution is 6.32. The molecule has 0 spiro atoms. The lowest BCUT2D eigenvalue weighted by molar-refractivity contribution is 0.0966. The summed E-state index contributed by atoms with van der Waals surface area (Å²) in [5.74, 6) is 0.0593. The molecule has 4 heteroatoms. The fraction of sp³-hybridized carbons (Fsp3) is 0.286. The summed E-state index contributed by atoms with van der Waals surface area (Å²) in [5, 5.41) is 0.461. The Labute approximate surface area is 159 Å². The molecule has 0 saturated carbocycles. The van der Waals surface area contributed by atoms with Gasteiger partial charge in [0.2, 0.25) is 0 Å². The van der Waals surface area contributed by atoms with Crippen LogP contribution in [0.2, 0.25) is 0 Å². The second-order valence-corrected chi connectivity index (χ2v) is 8.22. The maximum Gasteiger partial charge on any atom is 0.182 e. The first kappa shape index (κ1) is 18.0. The summed E-state index contributed by atoms with van der Waals surface area (Å²) in [4.78, 5) is 14.6. The number of hydrogen-bond acceptors (Lipinski definition) is 2. The largest absolute Gasteiger partial charge is 0.340 e. The molecule has 0 N–H and O–H groups in total. The van der Waals surface area contributed by atoms with Gasteiger partial charge in [-0.3, -0.25) is 4.79 Å². The van der Waals surface area contributed by atoms with Gasteiger partial charge in [-0.15, -0.1) is 11.6 Å². The number of halogens is 2. The molecular weight excluding hydrogens is 353 g/mol. The van der Waals surface area contributed by atoms with Gasteiger partial charge in [0.1, 0.15) is 0 Å². The van der Waals surface area contributed by atoms with Crippen LogP contribution in [0.15, 0.2) is 71.1 Å². The van der Waals surface area contributed by atoms with Gasteiger partial charge in [0.25, 0.3) is 0 Å². The lowest BCUT2D eigenvalue weighted by atomic mass is 9.86. The lowest BCUT2D eigenvalue weighted by Gasteiger charge is -2.30. The molecule has 2 aliphatic rings. The van der Waals surface area contributed by atoms with Gasteiger partial charge in [-0.25, -0.2) is 0 Å². The van der Waals surface area contributed by atoms with E-state index in [1.54, 1.807) is 0 Å². The molecule has 0 saturated heterocycles. The quantitative estimate of drug-likeness (QED) is 0.511. The molecule has 1 aliphatic heterocycles. The zero-order valence-electron chi connectivity index (χ0n) is 14.6. The van der Waals surface area contributed by atoms with Crippen LogP contribution in [-0.2, 0) is 5.41 Å². The van der Waals surface area contributed by atoms with Crippen LogP contribution in [0.1, 0.15) is 36.7 Å². The summed E-state index contributed by atoms with van der Waals surface area (Å²) >= 11 is 12.5. The van der Waals surface area contributed by atoms with Gasteiger partial charge < -0.3 is 4.90 Å². The van der Waals surface area contributed by atoms with E-state index in [1.165, 1.54) is 5.56 Å². The average Bonchev–Trinajstić information content (AvgIpc) is 2.56. The Kier molecular flexibility index (Phi) is 4.95. The molecule has 1 heterocycles. The number of carbonyl (C=O) groups excluding carboxylic acids is 1. The van der Waals surface area contributed by atoms with Crippen molar-refractivity contribution in [3.63, 3.8) is 0 Å². The number of alkyl halides is 1. The van der Waals surface area contributed by atoms with Gasteiger partial charge >= 0.3 is 0 Å². The summed E-state index contributed by atoms with van der Waals surface area (Å²) in [7, 11) is 0. The van der Waals surface area contributed by atoms with Crippen LogP contribution in [0.3, 0.4) is 0 Å². The molecule has 25 heavy (non-hydrogen) atoms. The molecule has 0 radical (unpaired) electrons. The summed E-state index contributed by atoms with van der Waals surface area (Å²) < 4.78 is 0. The van der Waals surface area contributed by atoms with Crippen LogP contribution in [0.25, 0.3) is 0 Å². The van der Waals surface area contributed by atoms with Crippen molar-refractivity contribution in [1.82, 2.24) is 4.90 Å². The van der Waals surface area contributed by atoms with E-state index in [2.05, 4.69) is 20.8 Å². The molecule has 130 valence electrons. The van der Waals surface area contributed by atoms with Gasteiger partial charge in [-0.2, -0.15) is 0 Å². The van der Waals surface area contributed by atoms with Crippen LogP contribution in [0.4, 0.5) is 0 Å². The Morgan fingerprint density at radius 1 is 1.16 bits per heavy atom. The van der Waals surface area contributed by atoms with E-state index in [4.69, 9.17) is 23.2 Å². The number of ketones is 1. The molecule has 3 rings (SSSR count). The topological polar surface area (TPSA) is 20.3 Å². The minimum Gasteiger partial charge on any atom is -0.340 e. The maximum atomic E-state index is 12.7. The van der Waals surface area contributed by atoms with Crippen molar-refractivity contribution in [3.05, 3.63) is 82.2 Å². The molecular formula is C21H21Cl2NO. The fourth-order valence-electron chi connectivity index (χ4n) is 2.89. The van der Waals surface area contributed by atoms with Gasteiger partial charge in [-0.1, -0.05) is 68.8 Å². The number of allylic oxidation sites excluding steroid dienone is 5. The van der Waals surface area contributed by atoms with Crippen LogP contribution < -0.4 is 0 Å². The van der Waals surface area contributed by atoms with Gasteiger partial charge in [0.05, 0.1) is 17.0 Å². The van der Waals surface area contributed by atoms with Crippen LogP contribution in [0, 0.1) is 0 Å². The second-order valence-electron chi connectivity index (χ2n) is 7.31. The Hall–Kier alpha value is -1.77. The van der Waals surface area contributed by atoms with Crippen molar-refractivity contribution >= 4 is 29.0 Å². The van der Waals surface area contributed by atoms with E-state index in [1.807, 2.05) is 59.7 Å². The molecule has 1 aromatic rings. The van der Waals surface area contributed by atoms with Crippen molar-refractivity contribution in [2.45, 2.75) is 31.6 Å². The first-order valence-corrected chi connectivity index (χ1v) is 9.10. The highest BCUT2D eigenvalue weighted by atomic mass is 35.5. The molecule has 1 atom stereocenters. The van der Waals surface area contributed by atoms with Crippen molar-refractivity contribution in [2.24, 2.45) is 0 Å². The van der Waals surface area contributed by atoms with Crippen molar-refractivity contribution in [3.8, 4) is 0 Å². The number of Topliss-reactive ketones (excluding diaryl/α,β-unsaturated/α-hetero) is 1. The number of fused-ring (bicyclic) bond motifs is 1. The second kappa shape index (κ2) is 6.86. The van der Waals surface area contributed by atoms with Gasteiger partial charge in [0, 0.05) is 23.0 Å². The monoisotopic (exact) mass is 373 g/mol. The van der Waals surface area contributed by atoms with E-state index in [0.29, 0.717) is 10.6 Å². The third kappa shape index (κ3) is 3.91. The number of benzene rings is 1. The third-order valence-corrected chi connectivity index (χ3v) is 5.00. The molecule has 1 aromatic carbocycles. The number of nitrogens with zero attached hydrogens (tertiary/aromatic N) is 1. The Bertz CT molecular complexity index is 807. The summed E-state index contributed by atoms with van der Waals surface area (Å²) in [6.45, 7) is 6.73. The number of hydrogen-bond donors (Lipinski definition) is 0. The minimum absolute atomic E-state index is 0.0593. The smallest absolute Gasteiger partial charge is 0.182 e. The highest BCUT2D eigenvalue weighted by Gasteiger charge is 2.23. The first-order chi connectivity index (χ1) is 11.8. The molecule has 0 bridgehead atoms. The summed E-state index contributed by atoms with van der Waals surface area (Å²) in [5.41, 5.74) is 3.77. The van der Waals surface area contributed by atoms with E-state index in [9.17, 15) is 4.79 Å². The zero-order chi connectivity index (χ0) is 18.2. The van der Waals surface area contributed by atoms with Crippen molar-refractivity contribution in [2.75, 3.05) is 6.54 Å². The molecule has 1 aliphatic carbocycles. The summed E-state index contributed by atoms with van der Waals surface area (Å²) in [6.07, 6.45) is 9.35. The first-order valence-electron chi connectivity index (χ1n) is 8.28. The highest BCUT2D eigenvalue weighted by Crippen LogP contribution is 2.33. The normalized spacial score (nSPS) is 19.8. The predicted octanol–water partition coefficient (Wildman–Crippen LogP) is 5.55. The predicted molar refractivity (Wildman–Crippen MR) is 105 cm³/mol.